The van der Waals surface area contributed by atoms with E-state index in [9.17, 15) is 9.59 Å². The van der Waals surface area contributed by atoms with E-state index in [4.69, 9.17) is 21.1 Å². The van der Waals surface area contributed by atoms with Gasteiger partial charge in [0, 0.05) is 44.7 Å². The van der Waals surface area contributed by atoms with Crippen LogP contribution < -0.4 is 14.9 Å². The van der Waals surface area contributed by atoms with Crippen molar-refractivity contribution in [2.75, 3.05) is 39.8 Å². The maximum atomic E-state index is 12.2. The molecule has 1 amide bonds. The average molecular weight is 459 g/mol. The number of benzene rings is 2. The molecule has 8 nitrogen and oxygen atoms in total. The first-order valence-corrected chi connectivity index (χ1v) is 10.7. The van der Waals surface area contributed by atoms with Crippen LogP contribution in [-0.2, 0) is 16.1 Å². The number of piperazine rings is 1. The molecule has 1 fully saturated rings. The molecular weight excluding hydrogens is 432 g/mol. The summed E-state index contributed by atoms with van der Waals surface area (Å²) in [6.45, 7) is 5.76. The topological polar surface area (TPSA) is 83.5 Å². The lowest BCUT2D eigenvalue weighted by Gasteiger charge is -2.34. The zero-order valence-corrected chi connectivity index (χ0v) is 19.0. The highest BCUT2D eigenvalue weighted by atomic mass is 35.5. The fraction of sp³-hybridized carbons (Fsp3) is 0.348. The van der Waals surface area contributed by atoms with Crippen LogP contribution in [0.25, 0.3) is 0 Å². The van der Waals surface area contributed by atoms with Crippen molar-refractivity contribution < 1.29 is 19.1 Å². The number of hydrogen-bond acceptors (Lipinski definition) is 7. The minimum absolute atomic E-state index is 0.177. The second-order valence-electron chi connectivity index (χ2n) is 7.44. The van der Waals surface area contributed by atoms with Gasteiger partial charge in [0.15, 0.2) is 11.5 Å². The fourth-order valence-corrected chi connectivity index (χ4v) is 3.59. The molecule has 2 aromatic rings. The summed E-state index contributed by atoms with van der Waals surface area (Å²) in [4.78, 5) is 27.8. The van der Waals surface area contributed by atoms with Crippen LogP contribution in [0.4, 0.5) is 0 Å². The number of hydrogen-bond donors (Lipinski definition) is 1. The minimum Gasteiger partial charge on any atom is -0.493 e. The van der Waals surface area contributed by atoms with Gasteiger partial charge in [-0.15, -0.1) is 0 Å². The molecule has 1 heterocycles. The zero-order chi connectivity index (χ0) is 22.9. The van der Waals surface area contributed by atoms with Crippen LogP contribution in [0.3, 0.4) is 0 Å². The van der Waals surface area contributed by atoms with Gasteiger partial charge in [0.2, 0.25) is 0 Å². The van der Waals surface area contributed by atoms with Crippen LogP contribution in [0.5, 0.6) is 11.5 Å². The Balaban J connectivity index is 1.43. The third kappa shape index (κ3) is 7.05. The van der Waals surface area contributed by atoms with Gasteiger partial charge in [-0.3, -0.25) is 19.4 Å². The number of esters is 1. The molecule has 2 aromatic carbocycles. The van der Waals surface area contributed by atoms with Crippen molar-refractivity contribution in [1.29, 1.82) is 0 Å². The van der Waals surface area contributed by atoms with E-state index in [0.29, 0.717) is 17.1 Å². The molecule has 170 valence electrons. The molecule has 1 saturated heterocycles. The van der Waals surface area contributed by atoms with E-state index >= 15 is 0 Å². The quantitative estimate of drug-likeness (QED) is 0.283. The molecule has 1 N–H and O–H groups in total. The lowest BCUT2D eigenvalue weighted by atomic mass is 10.2. The number of hydrazone groups is 1. The lowest BCUT2D eigenvalue weighted by Crippen LogP contribution is -2.48. The van der Waals surface area contributed by atoms with Gasteiger partial charge in [-0.2, -0.15) is 5.10 Å². The second-order valence-corrected chi connectivity index (χ2v) is 7.85. The number of rotatable bonds is 8. The smallest absolute Gasteiger partial charge is 0.308 e. The van der Waals surface area contributed by atoms with Gasteiger partial charge in [0.25, 0.3) is 5.91 Å². The van der Waals surface area contributed by atoms with Crippen LogP contribution in [-0.4, -0.2) is 67.7 Å². The van der Waals surface area contributed by atoms with Crippen molar-refractivity contribution >= 4 is 29.7 Å². The predicted octanol–water partition coefficient (Wildman–Crippen LogP) is 2.54. The number of carbonyl (C=O) groups is 2. The fourth-order valence-electron chi connectivity index (χ4n) is 3.39. The highest BCUT2D eigenvalue weighted by molar-refractivity contribution is 6.31. The van der Waals surface area contributed by atoms with E-state index in [1.807, 2.05) is 24.3 Å². The Kier molecular flexibility index (Phi) is 8.61. The normalized spacial score (nSPS) is 15.0. The van der Waals surface area contributed by atoms with E-state index in [2.05, 4.69) is 20.3 Å². The van der Waals surface area contributed by atoms with Gasteiger partial charge in [0.1, 0.15) is 0 Å². The Morgan fingerprint density at radius 1 is 1.09 bits per heavy atom. The molecule has 1 aliphatic heterocycles. The third-order valence-electron chi connectivity index (χ3n) is 5.03. The molecule has 0 saturated carbocycles. The van der Waals surface area contributed by atoms with Crippen LogP contribution in [0.2, 0.25) is 5.02 Å². The number of nitrogens with one attached hydrogen (secondary N) is 1. The molecule has 32 heavy (non-hydrogen) atoms. The van der Waals surface area contributed by atoms with Gasteiger partial charge in [-0.1, -0.05) is 29.8 Å². The monoisotopic (exact) mass is 458 g/mol. The Labute approximate surface area is 192 Å². The van der Waals surface area contributed by atoms with Crippen molar-refractivity contribution in [3.05, 3.63) is 58.6 Å². The first-order chi connectivity index (χ1) is 15.4. The van der Waals surface area contributed by atoms with E-state index in [1.165, 1.54) is 20.2 Å². The Morgan fingerprint density at radius 2 is 1.81 bits per heavy atom. The molecule has 1 aliphatic rings. The van der Waals surface area contributed by atoms with E-state index in [-0.39, 0.29) is 12.5 Å². The molecule has 0 unspecified atom stereocenters. The molecule has 0 atom stereocenters. The van der Waals surface area contributed by atoms with Crippen molar-refractivity contribution in [1.82, 2.24) is 15.2 Å². The molecule has 0 aromatic heterocycles. The summed E-state index contributed by atoms with van der Waals surface area (Å²) < 4.78 is 10.3. The van der Waals surface area contributed by atoms with Crippen molar-refractivity contribution in [3.63, 3.8) is 0 Å². The van der Waals surface area contributed by atoms with Gasteiger partial charge in [0.05, 0.1) is 19.9 Å². The Bertz CT molecular complexity index is 974. The largest absolute Gasteiger partial charge is 0.493 e. The number of methoxy groups -OCH3 is 1. The van der Waals surface area contributed by atoms with Crippen LogP contribution in [0.1, 0.15) is 18.1 Å². The van der Waals surface area contributed by atoms with Gasteiger partial charge >= 0.3 is 5.97 Å². The Hall–Kier alpha value is -2.94. The van der Waals surface area contributed by atoms with Gasteiger partial charge in [-0.25, -0.2) is 5.43 Å². The lowest BCUT2D eigenvalue weighted by molar-refractivity contribution is -0.132. The molecule has 0 bridgehead atoms. The van der Waals surface area contributed by atoms with E-state index in [1.54, 1.807) is 18.2 Å². The summed E-state index contributed by atoms with van der Waals surface area (Å²) in [5.74, 6) is 0.131. The molecular formula is C23H27ClN4O4. The number of carbonyl (C=O) groups excluding carboxylic acids is 2. The Morgan fingerprint density at radius 3 is 2.50 bits per heavy atom. The summed E-state index contributed by atoms with van der Waals surface area (Å²) in [5.41, 5.74) is 4.37. The van der Waals surface area contributed by atoms with Crippen molar-refractivity contribution in [3.8, 4) is 11.5 Å². The molecule has 9 heteroatoms. The number of nitrogens with zero attached hydrogens (tertiary/aromatic N) is 3. The zero-order valence-electron chi connectivity index (χ0n) is 18.2. The first-order valence-electron chi connectivity index (χ1n) is 10.3. The minimum atomic E-state index is -0.429. The van der Waals surface area contributed by atoms with Gasteiger partial charge < -0.3 is 9.47 Å². The maximum Gasteiger partial charge on any atom is 0.308 e. The van der Waals surface area contributed by atoms with Crippen LogP contribution in [0.15, 0.2) is 47.6 Å². The summed E-state index contributed by atoms with van der Waals surface area (Å²) in [7, 11) is 1.49. The number of ether oxygens (including phenoxy) is 2. The number of amides is 1. The SMILES string of the molecule is COc1cc(/C=N/NC(=O)CN2CCN(Cc3ccccc3Cl)CC2)ccc1OC(C)=O. The average Bonchev–Trinajstić information content (AvgIpc) is 2.77. The molecule has 3 rings (SSSR count). The van der Waals surface area contributed by atoms with Gasteiger partial charge in [-0.05, 0) is 35.4 Å². The van der Waals surface area contributed by atoms with Crippen molar-refractivity contribution in [2.24, 2.45) is 5.10 Å². The molecule has 0 spiro atoms. The highest BCUT2D eigenvalue weighted by Gasteiger charge is 2.19. The van der Waals surface area contributed by atoms with E-state index < -0.39 is 5.97 Å². The predicted molar refractivity (Wildman–Crippen MR) is 123 cm³/mol. The number of halogens is 1. The first kappa shape index (κ1) is 23.7. The highest BCUT2D eigenvalue weighted by Crippen LogP contribution is 2.27. The second kappa shape index (κ2) is 11.6. The summed E-state index contributed by atoms with van der Waals surface area (Å²) in [5, 5.41) is 4.80. The van der Waals surface area contributed by atoms with Crippen molar-refractivity contribution in [2.45, 2.75) is 13.5 Å². The van der Waals surface area contributed by atoms with Crippen LogP contribution in [0, 0.1) is 0 Å². The maximum absolute atomic E-state index is 12.2. The summed E-state index contributed by atoms with van der Waals surface area (Å²) >= 11 is 6.25. The van der Waals surface area contributed by atoms with Crippen LogP contribution >= 0.6 is 11.6 Å². The summed E-state index contributed by atoms with van der Waals surface area (Å²) in [6.07, 6.45) is 1.51. The molecule has 0 aliphatic carbocycles. The standard InChI is InChI=1S/C23H27ClN4O4/c1-17(29)32-21-8-7-18(13-22(21)31-2)14-25-26-23(30)16-28-11-9-27(10-12-28)15-19-5-3-4-6-20(19)24/h3-8,13-14H,9-12,15-16H2,1-2H3,(H,26,30)/b25-14+. The third-order valence-corrected chi connectivity index (χ3v) is 5.40. The molecule has 0 radical (unpaired) electrons. The summed E-state index contributed by atoms with van der Waals surface area (Å²) in [6, 6.07) is 12.9. The van der Waals surface area contributed by atoms with E-state index in [0.717, 1.165) is 43.3 Å².